The monoisotopic (exact) mass is 743 g/mol. The number of hydrogen-bond donors (Lipinski definition) is 1. The minimum Gasteiger partial charge on any atom is -0.352 e. The van der Waals surface area contributed by atoms with E-state index in [9.17, 15) is 35.6 Å². The zero-order valence-electron chi connectivity index (χ0n) is 27.9. The third kappa shape index (κ3) is 9.68. The molecule has 1 aliphatic rings. The molecule has 0 aromatic heterocycles. The van der Waals surface area contributed by atoms with Crippen LogP contribution in [0.5, 0.6) is 0 Å². The predicted molar refractivity (Wildman–Crippen MR) is 188 cm³/mol. The van der Waals surface area contributed by atoms with Crippen LogP contribution in [0.25, 0.3) is 0 Å². The summed E-state index contributed by atoms with van der Waals surface area (Å²) >= 11 is 5.89. The van der Waals surface area contributed by atoms with E-state index >= 15 is 0 Å². The number of anilines is 1. The maximum Gasteiger partial charge on any atom is 0.417 e. The molecule has 0 bridgehead atoms. The summed E-state index contributed by atoms with van der Waals surface area (Å²) in [5, 5.41) is 2.43. The molecule has 1 atom stereocenters. The number of sulfonamides is 1. The van der Waals surface area contributed by atoms with Crippen LogP contribution in [-0.4, -0.2) is 43.8 Å². The second kappa shape index (κ2) is 16.3. The van der Waals surface area contributed by atoms with E-state index in [0.29, 0.717) is 15.9 Å². The van der Waals surface area contributed by atoms with Gasteiger partial charge in [-0.15, -0.1) is 0 Å². The van der Waals surface area contributed by atoms with Crippen molar-refractivity contribution in [3.8, 4) is 0 Å². The van der Waals surface area contributed by atoms with E-state index in [1.54, 1.807) is 37.3 Å². The summed E-state index contributed by atoms with van der Waals surface area (Å²) in [6, 6.07) is 21.2. The Balaban J connectivity index is 1.61. The molecule has 270 valence electrons. The molecule has 4 aromatic carbocycles. The second-order valence-corrected chi connectivity index (χ2v) is 15.0. The summed E-state index contributed by atoms with van der Waals surface area (Å²) < 4.78 is 85.0. The fourth-order valence-corrected chi connectivity index (χ4v) is 7.77. The van der Waals surface area contributed by atoms with Gasteiger partial charge in [0.05, 0.1) is 21.2 Å². The molecule has 5 rings (SSSR count). The van der Waals surface area contributed by atoms with Gasteiger partial charge in [0.1, 0.15) is 18.4 Å². The molecule has 0 saturated heterocycles. The molecule has 7 nitrogen and oxygen atoms in total. The molecule has 1 fully saturated rings. The smallest absolute Gasteiger partial charge is 0.352 e. The van der Waals surface area contributed by atoms with Crippen molar-refractivity contribution in [2.75, 3.05) is 10.8 Å². The van der Waals surface area contributed by atoms with E-state index in [0.717, 1.165) is 55.4 Å². The molecule has 0 aliphatic heterocycles. The number of hydrogen-bond acceptors (Lipinski definition) is 4. The number of rotatable bonds is 12. The number of nitrogens with one attached hydrogen (secondary N) is 1. The topological polar surface area (TPSA) is 86.8 Å². The van der Waals surface area contributed by atoms with Crippen molar-refractivity contribution in [1.29, 1.82) is 0 Å². The molecule has 0 spiro atoms. The summed E-state index contributed by atoms with van der Waals surface area (Å²) in [7, 11) is -4.66. The van der Waals surface area contributed by atoms with Crippen molar-refractivity contribution < 1.29 is 35.6 Å². The molecular formula is C38H38ClF4N3O4S. The Labute approximate surface area is 300 Å². The fourth-order valence-electron chi connectivity index (χ4n) is 6.14. The summed E-state index contributed by atoms with van der Waals surface area (Å²) in [4.78, 5) is 29.8. The Bertz CT molecular complexity index is 1920. The zero-order valence-corrected chi connectivity index (χ0v) is 29.4. The van der Waals surface area contributed by atoms with E-state index in [1.807, 2.05) is 0 Å². The average Bonchev–Trinajstić information content (AvgIpc) is 3.10. The quantitative estimate of drug-likeness (QED) is 0.149. The highest BCUT2D eigenvalue weighted by atomic mass is 35.5. The molecular weight excluding hydrogens is 706 g/mol. The molecule has 51 heavy (non-hydrogen) atoms. The van der Waals surface area contributed by atoms with Crippen LogP contribution in [0, 0.1) is 12.7 Å². The normalized spacial score (nSPS) is 14.5. The molecule has 1 saturated carbocycles. The van der Waals surface area contributed by atoms with Crippen molar-refractivity contribution in [2.24, 2.45) is 0 Å². The van der Waals surface area contributed by atoms with Crippen LogP contribution < -0.4 is 9.62 Å². The van der Waals surface area contributed by atoms with Crippen LogP contribution in [0.3, 0.4) is 0 Å². The Morgan fingerprint density at radius 1 is 0.882 bits per heavy atom. The molecule has 1 aliphatic carbocycles. The SMILES string of the molecule is Cc1ccc(S(=O)(=O)N(CC(=O)N(Cc2ccc(F)cc2)[C@@H](Cc2ccccc2)C(=O)NC2CCCCC2)c2ccc(Cl)c(C(F)(F)F)c2)cc1. The molecule has 1 N–H and O–H groups in total. The maximum absolute atomic E-state index is 14.6. The number of carbonyl (C=O) groups excluding carboxylic acids is 2. The van der Waals surface area contributed by atoms with Crippen LogP contribution in [0.4, 0.5) is 23.2 Å². The highest BCUT2D eigenvalue weighted by molar-refractivity contribution is 7.92. The highest BCUT2D eigenvalue weighted by Crippen LogP contribution is 2.38. The first-order valence-electron chi connectivity index (χ1n) is 16.6. The summed E-state index contributed by atoms with van der Waals surface area (Å²) in [5.41, 5.74) is 0.173. The Kier molecular flexibility index (Phi) is 12.1. The minimum atomic E-state index is -4.93. The third-order valence-electron chi connectivity index (χ3n) is 8.92. The first-order chi connectivity index (χ1) is 24.2. The van der Waals surface area contributed by atoms with Crippen LogP contribution in [0.2, 0.25) is 5.02 Å². The number of alkyl halides is 3. The highest BCUT2D eigenvalue weighted by Gasteiger charge is 2.38. The Morgan fingerprint density at radius 2 is 1.53 bits per heavy atom. The van der Waals surface area contributed by atoms with E-state index in [2.05, 4.69) is 5.32 Å². The summed E-state index contributed by atoms with van der Waals surface area (Å²) in [5.74, 6) is -1.84. The van der Waals surface area contributed by atoms with Crippen molar-refractivity contribution in [2.45, 2.75) is 75.1 Å². The summed E-state index contributed by atoms with van der Waals surface area (Å²) in [6.07, 6.45) is -0.453. The number of carbonyl (C=O) groups is 2. The van der Waals surface area contributed by atoms with E-state index in [1.165, 1.54) is 53.4 Å². The third-order valence-corrected chi connectivity index (χ3v) is 11.0. The number of amides is 2. The lowest BCUT2D eigenvalue weighted by molar-refractivity contribution is -0.140. The molecule has 4 aromatic rings. The van der Waals surface area contributed by atoms with Gasteiger partial charge in [0.15, 0.2) is 0 Å². The van der Waals surface area contributed by atoms with Gasteiger partial charge in [-0.25, -0.2) is 12.8 Å². The van der Waals surface area contributed by atoms with Crippen molar-refractivity contribution in [1.82, 2.24) is 10.2 Å². The van der Waals surface area contributed by atoms with E-state index < -0.39 is 62.7 Å². The largest absolute Gasteiger partial charge is 0.417 e. The van der Waals surface area contributed by atoms with Gasteiger partial charge in [-0.3, -0.25) is 13.9 Å². The number of halogens is 5. The molecule has 0 heterocycles. The number of benzene rings is 4. The first-order valence-corrected chi connectivity index (χ1v) is 18.4. The maximum atomic E-state index is 14.6. The Morgan fingerprint density at radius 3 is 2.16 bits per heavy atom. The standard InChI is InChI=1S/C38H38ClF4N3O4S/c1-26-12-19-32(20-13-26)51(49,50)46(31-18-21-34(39)33(23-31)38(41,42)43)25-36(47)45(24-28-14-16-29(40)17-15-28)35(22-27-8-4-2-5-9-27)37(48)44-30-10-6-3-7-11-30/h2,4-5,8-9,12-21,23,30,35H,3,6-7,10-11,22,24-25H2,1H3,(H,44,48)/t35-/m0/s1. The van der Waals surface area contributed by atoms with Gasteiger partial charge in [-0.1, -0.05) is 91.0 Å². The van der Waals surface area contributed by atoms with Crippen molar-refractivity contribution in [3.63, 3.8) is 0 Å². The lowest BCUT2D eigenvalue weighted by Crippen LogP contribution is -2.55. The summed E-state index contributed by atoms with van der Waals surface area (Å²) in [6.45, 7) is 0.560. The van der Waals surface area contributed by atoms with Gasteiger partial charge in [-0.05, 0) is 73.4 Å². The van der Waals surface area contributed by atoms with Gasteiger partial charge in [0.25, 0.3) is 10.0 Å². The van der Waals surface area contributed by atoms with Crippen molar-refractivity contribution >= 4 is 39.1 Å². The van der Waals surface area contributed by atoms with Gasteiger partial charge in [0.2, 0.25) is 11.8 Å². The average molecular weight is 744 g/mol. The van der Waals surface area contributed by atoms with E-state index in [4.69, 9.17) is 11.6 Å². The van der Waals surface area contributed by atoms with Crippen LogP contribution in [0.15, 0.2) is 102 Å². The van der Waals surface area contributed by atoms with Gasteiger partial charge < -0.3 is 10.2 Å². The van der Waals surface area contributed by atoms with Crippen LogP contribution in [0.1, 0.15) is 54.4 Å². The molecule has 0 radical (unpaired) electrons. The van der Waals surface area contributed by atoms with Gasteiger partial charge in [0, 0.05) is 19.0 Å². The van der Waals surface area contributed by atoms with Gasteiger partial charge in [-0.2, -0.15) is 13.2 Å². The Hall–Kier alpha value is -4.42. The second-order valence-electron chi connectivity index (χ2n) is 12.7. The molecule has 0 unspecified atom stereocenters. The predicted octanol–water partition coefficient (Wildman–Crippen LogP) is 8.09. The van der Waals surface area contributed by atoms with Gasteiger partial charge >= 0.3 is 6.18 Å². The minimum absolute atomic E-state index is 0.0518. The molecule has 13 heteroatoms. The first kappa shape index (κ1) is 37.8. The number of nitrogens with zero attached hydrogens (tertiary/aromatic N) is 2. The lowest BCUT2D eigenvalue weighted by Gasteiger charge is -2.35. The fraction of sp³-hybridized carbons (Fsp3) is 0.316. The zero-order chi connectivity index (χ0) is 36.8. The van der Waals surface area contributed by atoms with Crippen molar-refractivity contribution in [3.05, 3.63) is 130 Å². The molecule has 2 amide bonds. The lowest BCUT2D eigenvalue weighted by atomic mass is 9.94. The van der Waals surface area contributed by atoms with Crippen LogP contribution in [-0.2, 0) is 38.8 Å². The van der Waals surface area contributed by atoms with Crippen LogP contribution >= 0.6 is 11.6 Å². The van der Waals surface area contributed by atoms with E-state index in [-0.39, 0.29) is 23.9 Å². The number of aryl methyl sites for hydroxylation is 1.